The maximum Gasteiger partial charge on any atom is 0.240 e. The van der Waals surface area contributed by atoms with Gasteiger partial charge < -0.3 is 0 Å². The lowest BCUT2D eigenvalue weighted by Crippen LogP contribution is -2.59. The Morgan fingerprint density at radius 2 is 1.89 bits per heavy atom. The molecule has 1 aliphatic carbocycles. The Balaban J connectivity index is 2.16. The van der Waals surface area contributed by atoms with Gasteiger partial charge >= 0.3 is 0 Å². The molecule has 100 valence electrons. The highest BCUT2D eigenvalue weighted by Crippen LogP contribution is 2.44. The van der Waals surface area contributed by atoms with Gasteiger partial charge in [-0.05, 0) is 36.1 Å². The van der Waals surface area contributed by atoms with Crippen molar-refractivity contribution in [1.29, 1.82) is 0 Å². The minimum Gasteiger partial charge on any atom is -0.207 e. The van der Waals surface area contributed by atoms with E-state index in [-0.39, 0.29) is 21.7 Å². The molecule has 1 saturated carbocycles. The third-order valence-electron chi connectivity index (χ3n) is 3.57. The Hall–Kier alpha value is -0.100. The summed E-state index contributed by atoms with van der Waals surface area (Å²) in [6, 6.07) is 6.48. The average Bonchev–Trinajstić information content (AvgIpc) is 2.29. The van der Waals surface area contributed by atoms with E-state index in [4.69, 9.17) is 11.6 Å². The van der Waals surface area contributed by atoms with Gasteiger partial charge in [0.15, 0.2) is 0 Å². The molecule has 0 amide bonds. The highest BCUT2D eigenvalue weighted by Gasteiger charge is 2.48. The van der Waals surface area contributed by atoms with Crippen molar-refractivity contribution in [2.45, 2.75) is 36.6 Å². The molecule has 18 heavy (non-hydrogen) atoms. The van der Waals surface area contributed by atoms with Gasteiger partial charge in [0.1, 0.15) is 0 Å². The number of sulfonamides is 1. The van der Waals surface area contributed by atoms with Crippen LogP contribution in [0, 0.1) is 5.41 Å². The first-order valence-corrected chi connectivity index (χ1v) is 8.37. The Morgan fingerprint density at radius 3 is 2.33 bits per heavy atom. The molecule has 6 heteroatoms. The van der Waals surface area contributed by atoms with Crippen molar-refractivity contribution in [3.63, 3.8) is 0 Å². The monoisotopic (exact) mass is 351 g/mol. The molecular formula is C12H15BrClNO2S. The van der Waals surface area contributed by atoms with Gasteiger partial charge in [-0.3, -0.25) is 0 Å². The molecular weight excluding hydrogens is 338 g/mol. The van der Waals surface area contributed by atoms with Gasteiger partial charge in [0.25, 0.3) is 0 Å². The van der Waals surface area contributed by atoms with Crippen molar-refractivity contribution >= 4 is 37.6 Å². The zero-order valence-corrected chi connectivity index (χ0v) is 13.3. The third-order valence-corrected chi connectivity index (χ3v) is 6.33. The van der Waals surface area contributed by atoms with E-state index in [0.29, 0.717) is 6.42 Å². The molecule has 2 rings (SSSR count). The second-order valence-corrected chi connectivity index (χ2v) is 8.31. The van der Waals surface area contributed by atoms with Gasteiger partial charge in [-0.25, -0.2) is 13.1 Å². The van der Waals surface area contributed by atoms with Crippen LogP contribution >= 0.6 is 27.5 Å². The lowest BCUT2D eigenvalue weighted by molar-refractivity contribution is 0.137. The Morgan fingerprint density at radius 1 is 1.33 bits per heavy atom. The summed E-state index contributed by atoms with van der Waals surface area (Å²) in [7, 11) is -3.46. The third kappa shape index (κ3) is 2.59. The van der Waals surface area contributed by atoms with E-state index in [1.54, 1.807) is 24.3 Å². The van der Waals surface area contributed by atoms with E-state index in [2.05, 4.69) is 20.7 Å². The first-order chi connectivity index (χ1) is 8.23. The van der Waals surface area contributed by atoms with Gasteiger partial charge in [-0.2, -0.15) is 0 Å². The lowest BCUT2D eigenvalue weighted by Gasteiger charge is -2.48. The summed E-state index contributed by atoms with van der Waals surface area (Å²) in [5, 5.41) is 0.0233. The summed E-state index contributed by atoms with van der Waals surface area (Å²) >= 11 is 9.37. The summed E-state index contributed by atoms with van der Waals surface area (Å²) < 4.78 is 27.9. The van der Waals surface area contributed by atoms with Crippen molar-refractivity contribution < 1.29 is 8.42 Å². The van der Waals surface area contributed by atoms with Crippen molar-refractivity contribution in [2.24, 2.45) is 5.41 Å². The predicted octanol–water partition coefficient (Wildman–Crippen LogP) is 3.13. The van der Waals surface area contributed by atoms with Crippen LogP contribution in [0.5, 0.6) is 0 Å². The first-order valence-electron chi connectivity index (χ1n) is 5.65. The van der Waals surface area contributed by atoms with Crippen molar-refractivity contribution in [3.05, 3.63) is 28.7 Å². The van der Waals surface area contributed by atoms with Gasteiger partial charge in [0.05, 0.1) is 4.90 Å². The zero-order chi connectivity index (χ0) is 13.6. The van der Waals surface area contributed by atoms with E-state index in [1.807, 2.05) is 13.8 Å². The van der Waals surface area contributed by atoms with Crippen LogP contribution < -0.4 is 4.72 Å². The van der Waals surface area contributed by atoms with Crippen molar-refractivity contribution in [3.8, 4) is 0 Å². The predicted molar refractivity (Wildman–Crippen MR) is 76.3 cm³/mol. The van der Waals surface area contributed by atoms with Crippen molar-refractivity contribution in [2.75, 3.05) is 0 Å². The Labute approximate surface area is 121 Å². The molecule has 0 saturated heterocycles. The average molecular weight is 353 g/mol. The molecule has 0 aromatic heterocycles. The molecule has 1 aliphatic rings. The molecule has 0 aliphatic heterocycles. The molecule has 0 bridgehead atoms. The van der Waals surface area contributed by atoms with E-state index in [0.717, 1.165) is 4.47 Å². The number of rotatable bonds is 3. The molecule has 1 aromatic carbocycles. The minimum absolute atomic E-state index is 0.0233. The first kappa shape index (κ1) is 14.3. The SMILES string of the molecule is CC1(C)C(Cl)CC1NS(=O)(=O)c1ccc(Br)cc1. The van der Waals surface area contributed by atoms with Crippen LogP contribution in [0.15, 0.2) is 33.6 Å². The van der Waals surface area contributed by atoms with Crippen LogP contribution in [-0.2, 0) is 10.0 Å². The summed E-state index contributed by atoms with van der Waals surface area (Å²) in [5.74, 6) is 0. The molecule has 0 heterocycles. The molecule has 1 N–H and O–H groups in total. The highest BCUT2D eigenvalue weighted by atomic mass is 79.9. The largest absolute Gasteiger partial charge is 0.240 e. The number of halogens is 2. The van der Waals surface area contributed by atoms with Crippen LogP contribution in [0.4, 0.5) is 0 Å². The van der Waals surface area contributed by atoms with Crippen LogP contribution in [0.3, 0.4) is 0 Å². The Bertz CT molecular complexity index is 542. The smallest absolute Gasteiger partial charge is 0.207 e. The maximum atomic E-state index is 12.2. The number of hydrogen-bond acceptors (Lipinski definition) is 2. The summed E-state index contributed by atoms with van der Waals surface area (Å²) in [4.78, 5) is 0.277. The maximum absolute atomic E-state index is 12.2. The molecule has 1 fully saturated rings. The molecule has 3 nitrogen and oxygen atoms in total. The topological polar surface area (TPSA) is 46.2 Å². The second kappa shape index (κ2) is 4.78. The van der Waals surface area contributed by atoms with Crippen LogP contribution in [0.1, 0.15) is 20.3 Å². The van der Waals surface area contributed by atoms with Gasteiger partial charge in [0, 0.05) is 15.9 Å². The van der Waals surface area contributed by atoms with E-state index in [9.17, 15) is 8.42 Å². The molecule has 2 unspecified atom stereocenters. The van der Waals surface area contributed by atoms with Gasteiger partial charge in [-0.15, -0.1) is 11.6 Å². The number of hydrogen-bond donors (Lipinski definition) is 1. The van der Waals surface area contributed by atoms with E-state index >= 15 is 0 Å². The number of nitrogens with one attached hydrogen (secondary N) is 1. The fourth-order valence-corrected chi connectivity index (χ4v) is 3.94. The fourth-order valence-electron chi connectivity index (χ4n) is 1.94. The highest BCUT2D eigenvalue weighted by molar-refractivity contribution is 9.10. The molecule has 0 radical (unpaired) electrons. The molecule has 0 spiro atoms. The fraction of sp³-hybridized carbons (Fsp3) is 0.500. The van der Waals surface area contributed by atoms with E-state index < -0.39 is 10.0 Å². The van der Waals surface area contributed by atoms with Gasteiger partial charge in [0.2, 0.25) is 10.0 Å². The normalized spacial score (nSPS) is 26.7. The van der Waals surface area contributed by atoms with E-state index in [1.165, 1.54) is 0 Å². The van der Waals surface area contributed by atoms with Crippen LogP contribution in [-0.4, -0.2) is 19.8 Å². The quantitative estimate of drug-likeness (QED) is 0.850. The number of alkyl halides is 1. The summed E-state index contributed by atoms with van der Waals surface area (Å²) in [6.45, 7) is 3.95. The van der Waals surface area contributed by atoms with Crippen LogP contribution in [0.25, 0.3) is 0 Å². The molecule has 1 aromatic rings. The van der Waals surface area contributed by atoms with Gasteiger partial charge in [-0.1, -0.05) is 29.8 Å². The van der Waals surface area contributed by atoms with Crippen molar-refractivity contribution in [1.82, 2.24) is 4.72 Å². The summed E-state index contributed by atoms with van der Waals surface area (Å²) in [6.07, 6.45) is 0.671. The zero-order valence-electron chi connectivity index (χ0n) is 10.2. The summed E-state index contributed by atoms with van der Waals surface area (Å²) in [5.41, 5.74) is -0.204. The number of benzene rings is 1. The van der Waals surface area contributed by atoms with Crippen LogP contribution in [0.2, 0.25) is 0 Å². The second-order valence-electron chi connectivity index (χ2n) is 5.15. The standard InChI is InChI=1S/C12H15BrClNO2S/c1-12(2)10(14)7-11(12)15-18(16,17)9-5-3-8(13)4-6-9/h3-6,10-11,15H,7H2,1-2H3. The lowest BCUT2D eigenvalue weighted by atomic mass is 9.67. The minimum atomic E-state index is -3.46. The Kier molecular flexibility index (Phi) is 3.80. The molecule has 2 atom stereocenters.